The van der Waals surface area contributed by atoms with Crippen LogP contribution in [0.15, 0.2) is 18.2 Å². The fourth-order valence-corrected chi connectivity index (χ4v) is 2.51. The minimum atomic E-state index is -0.948. The zero-order valence-corrected chi connectivity index (χ0v) is 11.3. The van der Waals surface area contributed by atoms with Crippen molar-refractivity contribution in [3.05, 3.63) is 23.8 Å². The number of ether oxygens (including phenoxy) is 1. The van der Waals surface area contributed by atoms with E-state index < -0.39 is 5.97 Å². The summed E-state index contributed by atoms with van der Waals surface area (Å²) in [5.74, 6) is -0.948. The molecule has 1 heterocycles. The third kappa shape index (κ3) is 2.66. The molecule has 1 saturated heterocycles. The maximum absolute atomic E-state index is 11.4. The molecule has 0 saturated carbocycles. The van der Waals surface area contributed by atoms with Crippen molar-refractivity contribution < 1.29 is 14.6 Å². The van der Waals surface area contributed by atoms with Crippen molar-refractivity contribution in [1.82, 2.24) is 0 Å². The summed E-state index contributed by atoms with van der Waals surface area (Å²) in [6, 6.07) is 5.18. The van der Waals surface area contributed by atoms with Gasteiger partial charge in [0.25, 0.3) is 0 Å². The van der Waals surface area contributed by atoms with Crippen LogP contribution in [0.4, 0.5) is 11.4 Å². The second kappa shape index (κ2) is 5.48. The van der Waals surface area contributed by atoms with E-state index in [0.717, 1.165) is 6.42 Å². The van der Waals surface area contributed by atoms with Crippen molar-refractivity contribution in [2.75, 3.05) is 23.8 Å². The van der Waals surface area contributed by atoms with E-state index in [0.29, 0.717) is 24.5 Å². The lowest BCUT2D eigenvalue weighted by atomic mass is 10.0. The second-order valence-corrected chi connectivity index (χ2v) is 4.91. The molecule has 5 nitrogen and oxygen atoms in total. The van der Waals surface area contributed by atoms with Crippen LogP contribution in [0.25, 0.3) is 0 Å². The molecule has 2 rings (SSSR count). The number of rotatable bonds is 3. The Labute approximate surface area is 113 Å². The van der Waals surface area contributed by atoms with Gasteiger partial charge in [0.1, 0.15) is 0 Å². The molecule has 1 aromatic carbocycles. The van der Waals surface area contributed by atoms with E-state index in [1.165, 1.54) is 0 Å². The Morgan fingerprint density at radius 2 is 2.32 bits per heavy atom. The first-order chi connectivity index (χ1) is 9.04. The van der Waals surface area contributed by atoms with Gasteiger partial charge < -0.3 is 20.5 Å². The minimum absolute atomic E-state index is 0.0732. The number of carbonyl (C=O) groups is 1. The summed E-state index contributed by atoms with van der Waals surface area (Å²) >= 11 is 0. The Morgan fingerprint density at radius 1 is 1.58 bits per heavy atom. The van der Waals surface area contributed by atoms with Crippen molar-refractivity contribution in [2.45, 2.75) is 32.4 Å². The predicted molar refractivity (Wildman–Crippen MR) is 74.7 cm³/mol. The summed E-state index contributed by atoms with van der Waals surface area (Å²) in [4.78, 5) is 13.5. The van der Waals surface area contributed by atoms with E-state index in [2.05, 4.69) is 11.8 Å². The molecule has 2 unspecified atom stereocenters. The van der Waals surface area contributed by atoms with Gasteiger partial charge >= 0.3 is 5.97 Å². The molecule has 104 valence electrons. The summed E-state index contributed by atoms with van der Waals surface area (Å²) in [5, 5.41) is 9.33. The molecule has 2 atom stereocenters. The molecule has 0 aliphatic carbocycles. The first-order valence-electron chi connectivity index (χ1n) is 6.54. The number of nitrogens with zero attached hydrogens (tertiary/aromatic N) is 1. The summed E-state index contributed by atoms with van der Waals surface area (Å²) in [5.41, 5.74) is 7.39. The number of carboxylic acids is 1. The van der Waals surface area contributed by atoms with Gasteiger partial charge in [-0.05, 0) is 25.5 Å². The number of para-hydroxylation sites is 1. The van der Waals surface area contributed by atoms with Crippen LogP contribution in [0.5, 0.6) is 0 Å². The Kier molecular flexibility index (Phi) is 3.95. The van der Waals surface area contributed by atoms with Gasteiger partial charge in [-0.2, -0.15) is 0 Å². The SMILES string of the molecule is CCC1COC(C)CN1c1c(N)cccc1C(=O)O. The first kappa shape index (κ1) is 13.7. The average molecular weight is 264 g/mol. The van der Waals surface area contributed by atoms with E-state index in [1.807, 2.05) is 6.92 Å². The second-order valence-electron chi connectivity index (χ2n) is 4.91. The zero-order valence-electron chi connectivity index (χ0n) is 11.3. The zero-order chi connectivity index (χ0) is 14.0. The molecular formula is C14H20N2O3. The Bertz CT molecular complexity index is 476. The molecule has 19 heavy (non-hydrogen) atoms. The van der Waals surface area contributed by atoms with E-state index in [4.69, 9.17) is 10.5 Å². The molecule has 1 aliphatic rings. The van der Waals surface area contributed by atoms with Crippen LogP contribution in [0.1, 0.15) is 30.6 Å². The number of hydrogen-bond acceptors (Lipinski definition) is 4. The van der Waals surface area contributed by atoms with E-state index in [1.54, 1.807) is 18.2 Å². The Hall–Kier alpha value is -1.75. The highest BCUT2D eigenvalue weighted by Gasteiger charge is 2.29. The van der Waals surface area contributed by atoms with E-state index in [-0.39, 0.29) is 17.7 Å². The predicted octanol–water partition coefficient (Wildman–Crippen LogP) is 1.97. The lowest BCUT2D eigenvalue weighted by Gasteiger charge is -2.41. The molecular weight excluding hydrogens is 244 g/mol. The number of anilines is 2. The molecule has 0 spiro atoms. The van der Waals surface area contributed by atoms with Gasteiger partial charge in [-0.25, -0.2) is 4.79 Å². The lowest BCUT2D eigenvalue weighted by molar-refractivity contribution is 0.0298. The van der Waals surface area contributed by atoms with Crippen molar-refractivity contribution in [3.8, 4) is 0 Å². The van der Waals surface area contributed by atoms with Crippen LogP contribution in [-0.4, -0.2) is 36.4 Å². The third-order valence-electron chi connectivity index (χ3n) is 3.52. The maximum Gasteiger partial charge on any atom is 0.337 e. The van der Waals surface area contributed by atoms with Crippen LogP contribution in [0.2, 0.25) is 0 Å². The fourth-order valence-electron chi connectivity index (χ4n) is 2.51. The van der Waals surface area contributed by atoms with Crippen LogP contribution in [-0.2, 0) is 4.74 Å². The van der Waals surface area contributed by atoms with Crippen LogP contribution < -0.4 is 10.6 Å². The first-order valence-corrected chi connectivity index (χ1v) is 6.54. The largest absolute Gasteiger partial charge is 0.478 e. The number of hydrogen-bond donors (Lipinski definition) is 2. The fraction of sp³-hybridized carbons (Fsp3) is 0.500. The highest BCUT2D eigenvalue weighted by Crippen LogP contribution is 2.32. The van der Waals surface area contributed by atoms with E-state index >= 15 is 0 Å². The molecule has 5 heteroatoms. The molecule has 3 N–H and O–H groups in total. The van der Waals surface area contributed by atoms with Crippen LogP contribution in [0.3, 0.4) is 0 Å². The maximum atomic E-state index is 11.4. The van der Waals surface area contributed by atoms with Crippen LogP contribution >= 0.6 is 0 Å². The Balaban J connectivity index is 2.46. The molecule has 0 aromatic heterocycles. The van der Waals surface area contributed by atoms with Crippen molar-refractivity contribution in [3.63, 3.8) is 0 Å². The van der Waals surface area contributed by atoms with Gasteiger partial charge in [-0.15, -0.1) is 0 Å². The van der Waals surface area contributed by atoms with Gasteiger partial charge in [-0.3, -0.25) is 0 Å². The van der Waals surface area contributed by atoms with Crippen molar-refractivity contribution in [2.24, 2.45) is 0 Å². The highest BCUT2D eigenvalue weighted by molar-refractivity contribution is 5.98. The standard InChI is InChI=1S/C14H20N2O3/c1-3-10-8-19-9(2)7-16(10)13-11(14(17)18)5-4-6-12(13)15/h4-6,9-10H,3,7-8,15H2,1-2H3,(H,17,18). The van der Waals surface area contributed by atoms with Gasteiger partial charge in [0.05, 0.1) is 35.7 Å². The number of morpholine rings is 1. The monoisotopic (exact) mass is 264 g/mol. The smallest absolute Gasteiger partial charge is 0.337 e. The quantitative estimate of drug-likeness (QED) is 0.816. The van der Waals surface area contributed by atoms with Gasteiger partial charge in [0.15, 0.2) is 0 Å². The molecule has 0 amide bonds. The molecule has 0 bridgehead atoms. The molecule has 1 aromatic rings. The summed E-state index contributed by atoms with van der Waals surface area (Å²) in [6.07, 6.45) is 0.962. The van der Waals surface area contributed by atoms with Gasteiger partial charge in [0, 0.05) is 6.54 Å². The lowest BCUT2D eigenvalue weighted by Crippen LogP contribution is -2.49. The van der Waals surface area contributed by atoms with Crippen LogP contribution in [0, 0.1) is 0 Å². The van der Waals surface area contributed by atoms with Crippen molar-refractivity contribution in [1.29, 1.82) is 0 Å². The molecule has 1 aliphatic heterocycles. The number of nitrogen functional groups attached to an aromatic ring is 1. The summed E-state index contributed by atoms with van der Waals surface area (Å²) in [6.45, 7) is 5.31. The Morgan fingerprint density at radius 3 is 2.95 bits per heavy atom. The summed E-state index contributed by atoms with van der Waals surface area (Å²) in [7, 11) is 0. The molecule has 1 fully saturated rings. The number of aromatic carboxylic acids is 1. The highest BCUT2D eigenvalue weighted by atomic mass is 16.5. The molecule has 0 radical (unpaired) electrons. The van der Waals surface area contributed by atoms with Crippen molar-refractivity contribution >= 4 is 17.3 Å². The average Bonchev–Trinajstić information content (AvgIpc) is 2.38. The number of carboxylic acid groups (broad SMARTS) is 1. The number of nitrogens with two attached hydrogens (primary N) is 1. The van der Waals surface area contributed by atoms with E-state index in [9.17, 15) is 9.90 Å². The summed E-state index contributed by atoms with van der Waals surface area (Å²) < 4.78 is 5.64. The van der Waals surface area contributed by atoms with Gasteiger partial charge in [0.2, 0.25) is 0 Å². The topological polar surface area (TPSA) is 75.8 Å². The minimum Gasteiger partial charge on any atom is -0.478 e. The number of benzene rings is 1. The van der Waals surface area contributed by atoms with Gasteiger partial charge in [-0.1, -0.05) is 13.0 Å². The normalized spacial score (nSPS) is 23.4. The third-order valence-corrected chi connectivity index (χ3v) is 3.52.